The van der Waals surface area contributed by atoms with Crippen molar-refractivity contribution in [2.75, 3.05) is 0 Å². The van der Waals surface area contributed by atoms with Crippen molar-refractivity contribution in [3.05, 3.63) is 32.6 Å². The highest BCUT2D eigenvalue weighted by atomic mass is 16.7. The predicted octanol–water partition coefficient (Wildman–Crippen LogP) is 2.27. The molecule has 1 saturated carbocycles. The van der Waals surface area contributed by atoms with Gasteiger partial charge in [-0.15, -0.1) is 0 Å². The molecule has 0 radical (unpaired) electrons. The van der Waals surface area contributed by atoms with E-state index in [1.807, 2.05) is 20.8 Å². The van der Waals surface area contributed by atoms with Crippen molar-refractivity contribution in [1.29, 1.82) is 5.26 Å². The Labute approximate surface area is 165 Å². The minimum atomic E-state index is -0.521. The van der Waals surface area contributed by atoms with Gasteiger partial charge >= 0.3 is 5.69 Å². The van der Waals surface area contributed by atoms with Gasteiger partial charge in [-0.2, -0.15) is 5.26 Å². The van der Waals surface area contributed by atoms with E-state index >= 15 is 0 Å². The van der Waals surface area contributed by atoms with Crippen LogP contribution in [0.5, 0.6) is 0 Å². The van der Waals surface area contributed by atoms with E-state index in [-0.39, 0.29) is 36.4 Å². The van der Waals surface area contributed by atoms with Gasteiger partial charge in [0.25, 0.3) is 5.56 Å². The zero-order chi connectivity index (χ0) is 20.9. The quantitative estimate of drug-likeness (QED) is 0.750. The fourth-order valence-corrected chi connectivity index (χ4v) is 3.38. The first-order valence-corrected chi connectivity index (χ1v) is 9.82. The Balaban J connectivity index is 2.03. The summed E-state index contributed by atoms with van der Waals surface area (Å²) < 4.78 is 1.12. The molecule has 2 rings (SSSR count). The molecule has 1 fully saturated rings. The average molecular weight is 390 g/mol. The normalized spacial score (nSPS) is 19.8. The van der Waals surface area contributed by atoms with Crippen LogP contribution in [0.2, 0.25) is 0 Å². The molecule has 1 aromatic rings. The summed E-state index contributed by atoms with van der Waals surface area (Å²) in [6.07, 6.45) is 4.91. The van der Waals surface area contributed by atoms with Gasteiger partial charge in [0.05, 0.1) is 17.7 Å². The SMILES string of the molecule is Cc1c[nH]c(=O)n(CCCC(=O)N(OC(C)(C)C)C2CCC(C#N)CC2)c1=O. The average Bonchev–Trinajstić information content (AvgIpc) is 2.65. The second-order valence-electron chi connectivity index (χ2n) is 8.39. The third-order valence-corrected chi connectivity index (χ3v) is 4.84. The van der Waals surface area contributed by atoms with E-state index < -0.39 is 11.3 Å². The highest BCUT2D eigenvalue weighted by Crippen LogP contribution is 2.29. The van der Waals surface area contributed by atoms with Crippen molar-refractivity contribution < 1.29 is 9.63 Å². The number of nitriles is 1. The summed E-state index contributed by atoms with van der Waals surface area (Å²) in [5.41, 5.74) is -0.876. The summed E-state index contributed by atoms with van der Waals surface area (Å²) in [5.74, 6) is -0.116. The topological polar surface area (TPSA) is 108 Å². The van der Waals surface area contributed by atoms with Gasteiger partial charge in [-0.1, -0.05) is 0 Å². The number of H-pyrrole nitrogens is 1. The first-order chi connectivity index (χ1) is 13.1. The van der Waals surface area contributed by atoms with E-state index in [4.69, 9.17) is 10.1 Å². The molecule has 1 N–H and O–H groups in total. The Hall–Kier alpha value is -2.40. The lowest BCUT2D eigenvalue weighted by Crippen LogP contribution is -2.46. The van der Waals surface area contributed by atoms with Crippen molar-refractivity contribution in [2.24, 2.45) is 5.92 Å². The number of hydrogen-bond acceptors (Lipinski definition) is 5. The number of aryl methyl sites for hydroxylation is 1. The number of carbonyl (C=O) groups excluding carboxylic acids is 1. The van der Waals surface area contributed by atoms with Crippen molar-refractivity contribution in [1.82, 2.24) is 14.6 Å². The van der Waals surface area contributed by atoms with Crippen molar-refractivity contribution in [2.45, 2.75) is 84.4 Å². The molecular weight excluding hydrogens is 360 g/mol. The minimum absolute atomic E-state index is 0.0442. The number of nitrogens with zero attached hydrogens (tertiary/aromatic N) is 3. The van der Waals surface area contributed by atoms with E-state index in [1.54, 1.807) is 6.92 Å². The molecule has 0 unspecified atom stereocenters. The summed E-state index contributed by atoms with van der Waals surface area (Å²) in [6, 6.07) is 2.24. The number of hydrogen-bond donors (Lipinski definition) is 1. The van der Waals surface area contributed by atoms with Crippen LogP contribution in [0.3, 0.4) is 0 Å². The molecule has 0 bridgehead atoms. The van der Waals surface area contributed by atoms with Gasteiger partial charge in [0, 0.05) is 30.6 Å². The molecule has 1 aliphatic carbocycles. The van der Waals surface area contributed by atoms with Crippen molar-refractivity contribution >= 4 is 5.91 Å². The third-order valence-electron chi connectivity index (χ3n) is 4.84. The molecule has 1 aliphatic rings. The summed E-state index contributed by atoms with van der Waals surface area (Å²) >= 11 is 0. The summed E-state index contributed by atoms with van der Waals surface area (Å²) in [6.45, 7) is 7.47. The lowest BCUT2D eigenvalue weighted by atomic mass is 9.87. The molecule has 0 aliphatic heterocycles. The monoisotopic (exact) mass is 390 g/mol. The number of aromatic amines is 1. The molecule has 154 valence electrons. The summed E-state index contributed by atoms with van der Waals surface area (Å²) in [4.78, 5) is 45.3. The maximum Gasteiger partial charge on any atom is 0.328 e. The standard InChI is InChI=1S/C20H30N4O4/c1-14-13-22-19(27)23(18(14)26)11-5-6-17(25)24(28-20(2,3)4)16-9-7-15(12-21)8-10-16/h13,15-16H,5-11H2,1-4H3,(H,22,27). The van der Waals surface area contributed by atoms with E-state index in [1.165, 1.54) is 11.3 Å². The first-order valence-electron chi connectivity index (χ1n) is 9.82. The number of rotatable bonds is 6. The largest absolute Gasteiger partial charge is 0.328 e. The van der Waals surface area contributed by atoms with Crippen LogP contribution >= 0.6 is 0 Å². The predicted molar refractivity (Wildman–Crippen MR) is 104 cm³/mol. The Kier molecular flexibility index (Phi) is 7.19. The molecule has 28 heavy (non-hydrogen) atoms. The molecular formula is C20H30N4O4. The number of hydroxylamine groups is 2. The lowest BCUT2D eigenvalue weighted by Gasteiger charge is -2.38. The van der Waals surface area contributed by atoms with Gasteiger partial charge in [0.1, 0.15) is 0 Å². The zero-order valence-corrected chi connectivity index (χ0v) is 17.2. The summed E-state index contributed by atoms with van der Waals surface area (Å²) in [5, 5.41) is 10.6. The number of nitrogens with one attached hydrogen (secondary N) is 1. The number of amides is 1. The Morgan fingerprint density at radius 3 is 2.54 bits per heavy atom. The molecule has 8 heteroatoms. The Morgan fingerprint density at radius 2 is 1.96 bits per heavy atom. The maximum atomic E-state index is 12.9. The van der Waals surface area contributed by atoms with Crippen molar-refractivity contribution in [3.8, 4) is 6.07 Å². The molecule has 0 aromatic carbocycles. The minimum Gasteiger partial charge on any atom is -0.314 e. The van der Waals surface area contributed by atoms with Crippen LogP contribution in [-0.2, 0) is 16.2 Å². The van der Waals surface area contributed by atoms with Crippen LogP contribution in [0.1, 0.15) is 64.9 Å². The van der Waals surface area contributed by atoms with Gasteiger partial charge < -0.3 is 4.98 Å². The fourth-order valence-electron chi connectivity index (χ4n) is 3.38. The molecule has 1 amide bonds. The molecule has 1 aromatic heterocycles. The maximum absolute atomic E-state index is 12.9. The smallest absolute Gasteiger partial charge is 0.314 e. The van der Waals surface area contributed by atoms with Gasteiger partial charge in [0.2, 0.25) is 5.91 Å². The van der Waals surface area contributed by atoms with E-state index in [9.17, 15) is 14.4 Å². The second-order valence-corrected chi connectivity index (χ2v) is 8.39. The van der Waals surface area contributed by atoms with E-state index in [2.05, 4.69) is 11.1 Å². The van der Waals surface area contributed by atoms with E-state index in [0.717, 1.165) is 30.3 Å². The molecule has 0 spiro atoms. The second kappa shape index (κ2) is 9.20. The molecule has 8 nitrogen and oxygen atoms in total. The van der Waals surface area contributed by atoms with Crippen molar-refractivity contribution in [3.63, 3.8) is 0 Å². The van der Waals surface area contributed by atoms with Crippen LogP contribution < -0.4 is 11.2 Å². The zero-order valence-electron chi connectivity index (χ0n) is 17.2. The highest BCUT2D eigenvalue weighted by molar-refractivity contribution is 5.75. The van der Waals surface area contributed by atoms with Gasteiger partial charge in [-0.3, -0.25) is 19.0 Å². The Morgan fingerprint density at radius 1 is 1.32 bits per heavy atom. The number of aromatic nitrogens is 2. The van der Waals surface area contributed by atoms with Crippen LogP contribution in [0.15, 0.2) is 15.8 Å². The fraction of sp³-hybridized carbons (Fsp3) is 0.700. The van der Waals surface area contributed by atoms with E-state index in [0.29, 0.717) is 12.0 Å². The number of carbonyl (C=O) groups is 1. The molecule has 1 heterocycles. The van der Waals surface area contributed by atoms with Gasteiger partial charge in [-0.05, 0) is 59.8 Å². The van der Waals surface area contributed by atoms with Gasteiger partial charge in [0.15, 0.2) is 0 Å². The van der Waals surface area contributed by atoms with Crippen LogP contribution in [-0.4, -0.2) is 32.2 Å². The van der Waals surface area contributed by atoms with Crippen LogP contribution in [0.25, 0.3) is 0 Å². The lowest BCUT2D eigenvalue weighted by molar-refractivity contribution is -0.246. The van der Waals surface area contributed by atoms with Gasteiger partial charge in [-0.25, -0.2) is 9.86 Å². The third kappa shape index (κ3) is 5.80. The first kappa shape index (κ1) is 21.9. The summed E-state index contributed by atoms with van der Waals surface area (Å²) in [7, 11) is 0. The van der Waals surface area contributed by atoms with Crippen LogP contribution in [0, 0.1) is 24.2 Å². The van der Waals surface area contributed by atoms with Crippen LogP contribution in [0.4, 0.5) is 0 Å². The molecule has 0 atom stereocenters. The highest BCUT2D eigenvalue weighted by Gasteiger charge is 2.32. The Bertz CT molecular complexity index is 835. The molecule has 0 saturated heterocycles.